The monoisotopic (exact) mass is 304 g/mol. The number of carboxylic acid groups (broad SMARTS) is 1. The molecule has 1 amide bonds. The number of aliphatic hydroxyl groups excluding tert-OH is 1. The number of hydrogen-bond acceptors (Lipinski definition) is 4. The van der Waals surface area contributed by atoms with Gasteiger partial charge in [-0.15, -0.1) is 0 Å². The molecule has 3 N–H and O–H groups in total. The van der Waals surface area contributed by atoms with Crippen molar-refractivity contribution in [3.05, 3.63) is 34.9 Å². The second kappa shape index (κ2) is 5.88. The molecular formula is C16H20N2O4. The molecule has 0 aliphatic carbocycles. The fraction of sp³-hybridized carbons (Fsp3) is 0.438. The average Bonchev–Trinajstić information content (AvgIpc) is 2.76. The van der Waals surface area contributed by atoms with E-state index < -0.39 is 11.5 Å². The maximum atomic E-state index is 12.2. The molecule has 6 heteroatoms. The Balaban J connectivity index is 2.49. The van der Waals surface area contributed by atoms with Crippen molar-refractivity contribution in [2.75, 3.05) is 6.61 Å². The molecule has 0 spiro atoms. The van der Waals surface area contributed by atoms with E-state index in [9.17, 15) is 14.7 Å². The van der Waals surface area contributed by atoms with Crippen LogP contribution in [0.5, 0.6) is 0 Å². The molecule has 0 aromatic heterocycles. The van der Waals surface area contributed by atoms with E-state index in [1.165, 1.54) is 6.07 Å². The zero-order valence-electron chi connectivity index (χ0n) is 12.9. The van der Waals surface area contributed by atoms with Crippen molar-refractivity contribution in [3.8, 4) is 0 Å². The Morgan fingerprint density at radius 2 is 2.09 bits per heavy atom. The van der Waals surface area contributed by atoms with E-state index in [2.05, 4.69) is 10.3 Å². The van der Waals surface area contributed by atoms with E-state index in [-0.39, 0.29) is 29.8 Å². The maximum absolute atomic E-state index is 12.2. The highest BCUT2D eigenvalue weighted by Gasteiger charge is 2.42. The molecule has 0 saturated carbocycles. The van der Waals surface area contributed by atoms with Gasteiger partial charge in [0.1, 0.15) is 11.4 Å². The third-order valence-electron chi connectivity index (χ3n) is 4.13. The Morgan fingerprint density at radius 3 is 2.59 bits per heavy atom. The summed E-state index contributed by atoms with van der Waals surface area (Å²) in [7, 11) is 0. The predicted molar refractivity (Wildman–Crippen MR) is 82.1 cm³/mol. The largest absolute Gasteiger partial charge is 0.478 e. The molecule has 1 unspecified atom stereocenters. The molecule has 1 aliphatic heterocycles. The Bertz CT molecular complexity index is 652. The van der Waals surface area contributed by atoms with Gasteiger partial charge in [-0.1, -0.05) is 26.0 Å². The fourth-order valence-corrected chi connectivity index (χ4v) is 2.32. The first-order chi connectivity index (χ1) is 10.3. The molecule has 2 rings (SSSR count). The van der Waals surface area contributed by atoms with Crippen molar-refractivity contribution in [1.29, 1.82) is 0 Å². The number of amides is 1. The molecule has 1 heterocycles. The summed E-state index contributed by atoms with van der Waals surface area (Å²) in [6.07, 6.45) is 0.378. The summed E-state index contributed by atoms with van der Waals surface area (Å²) in [6.45, 7) is 5.48. The van der Waals surface area contributed by atoms with Gasteiger partial charge in [0.2, 0.25) is 0 Å². The molecule has 1 aromatic rings. The summed E-state index contributed by atoms with van der Waals surface area (Å²) in [5.74, 6) is -1.04. The topological polar surface area (TPSA) is 99.0 Å². The minimum absolute atomic E-state index is 0.00746. The summed E-state index contributed by atoms with van der Waals surface area (Å²) in [5, 5.41) is 21.0. The normalized spacial score (nSPS) is 21.0. The molecule has 0 fully saturated rings. The van der Waals surface area contributed by atoms with E-state index in [4.69, 9.17) is 5.11 Å². The standard InChI is InChI=1S/C16H20N2O4/c1-9(2)16(3)15(22)17-13(18-16)11-5-4-10(6-7-19)8-12(11)14(20)21/h4-5,8-9,19H,6-7H2,1-3H3,(H,20,21)(H,17,18,22). The lowest BCUT2D eigenvalue weighted by molar-refractivity contribution is -0.124. The van der Waals surface area contributed by atoms with Gasteiger partial charge in [0, 0.05) is 12.2 Å². The summed E-state index contributed by atoms with van der Waals surface area (Å²) >= 11 is 0. The van der Waals surface area contributed by atoms with Crippen molar-refractivity contribution in [1.82, 2.24) is 5.32 Å². The van der Waals surface area contributed by atoms with Crippen molar-refractivity contribution < 1.29 is 19.8 Å². The van der Waals surface area contributed by atoms with Crippen LogP contribution in [0.2, 0.25) is 0 Å². The van der Waals surface area contributed by atoms with Crippen LogP contribution in [0, 0.1) is 5.92 Å². The Labute approximate surface area is 128 Å². The van der Waals surface area contributed by atoms with Crippen LogP contribution in [0.1, 0.15) is 42.3 Å². The second-order valence-electron chi connectivity index (χ2n) is 5.88. The lowest BCUT2D eigenvalue weighted by atomic mass is 9.89. The van der Waals surface area contributed by atoms with E-state index in [1.807, 2.05) is 13.8 Å². The number of aromatic carboxylic acids is 1. The van der Waals surface area contributed by atoms with Gasteiger partial charge in [-0.05, 0) is 30.9 Å². The van der Waals surface area contributed by atoms with Crippen molar-refractivity contribution in [2.45, 2.75) is 32.7 Å². The van der Waals surface area contributed by atoms with Gasteiger partial charge in [-0.3, -0.25) is 9.79 Å². The van der Waals surface area contributed by atoms with Gasteiger partial charge >= 0.3 is 5.97 Å². The van der Waals surface area contributed by atoms with Gasteiger partial charge in [0.05, 0.1) is 5.56 Å². The molecule has 1 aliphatic rings. The van der Waals surface area contributed by atoms with Crippen molar-refractivity contribution in [2.24, 2.45) is 10.9 Å². The number of carboxylic acids is 1. The number of nitrogens with zero attached hydrogens (tertiary/aromatic N) is 1. The van der Waals surface area contributed by atoms with Gasteiger partial charge < -0.3 is 15.5 Å². The lowest BCUT2D eigenvalue weighted by Gasteiger charge is -2.21. The smallest absolute Gasteiger partial charge is 0.336 e. The summed E-state index contributed by atoms with van der Waals surface area (Å²) in [4.78, 5) is 28.1. The van der Waals surface area contributed by atoms with Crippen LogP contribution in [0.3, 0.4) is 0 Å². The second-order valence-corrected chi connectivity index (χ2v) is 5.88. The number of aliphatic imine (C=N–C) groups is 1. The molecule has 1 atom stereocenters. The van der Waals surface area contributed by atoms with Crippen LogP contribution in [0.15, 0.2) is 23.2 Å². The number of amidine groups is 1. The third kappa shape index (κ3) is 2.74. The summed E-state index contributed by atoms with van der Waals surface area (Å²) in [6, 6.07) is 4.87. The van der Waals surface area contributed by atoms with Gasteiger partial charge in [-0.25, -0.2) is 4.79 Å². The van der Waals surface area contributed by atoms with Crippen LogP contribution in [0.4, 0.5) is 0 Å². The maximum Gasteiger partial charge on any atom is 0.336 e. The third-order valence-corrected chi connectivity index (χ3v) is 4.13. The summed E-state index contributed by atoms with van der Waals surface area (Å²) < 4.78 is 0. The Kier molecular flexibility index (Phi) is 4.32. The minimum atomic E-state index is -1.09. The van der Waals surface area contributed by atoms with E-state index >= 15 is 0 Å². The van der Waals surface area contributed by atoms with E-state index in [1.54, 1.807) is 19.1 Å². The van der Waals surface area contributed by atoms with Crippen molar-refractivity contribution >= 4 is 17.7 Å². The molecule has 6 nitrogen and oxygen atoms in total. The minimum Gasteiger partial charge on any atom is -0.478 e. The highest BCUT2D eigenvalue weighted by molar-refractivity contribution is 6.18. The highest BCUT2D eigenvalue weighted by atomic mass is 16.4. The predicted octanol–water partition coefficient (Wildman–Crippen LogP) is 1.21. The molecule has 0 saturated heterocycles. The van der Waals surface area contributed by atoms with E-state index in [0.717, 1.165) is 5.56 Å². The number of nitrogens with one attached hydrogen (secondary N) is 1. The number of benzene rings is 1. The van der Waals surface area contributed by atoms with Crippen LogP contribution in [0.25, 0.3) is 0 Å². The first-order valence-electron chi connectivity index (χ1n) is 7.18. The number of carbonyl (C=O) groups is 2. The molecule has 1 aromatic carbocycles. The molecular weight excluding hydrogens is 284 g/mol. The zero-order valence-corrected chi connectivity index (χ0v) is 12.9. The Morgan fingerprint density at radius 1 is 1.41 bits per heavy atom. The number of hydrogen-bond donors (Lipinski definition) is 3. The molecule has 0 radical (unpaired) electrons. The van der Waals surface area contributed by atoms with Gasteiger partial charge in [0.25, 0.3) is 5.91 Å². The number of carbonyl (C=O) groups excluding carboxylic acids is 1. The van der Waals surface area contributed by atoms with Gasteiger partial charge in [0.15, 0.2) is 0 Å². The first kappa shape index (κ1) is 16.2. The van der Waals surface area contributed by atoms with E-state index in [0.29, 0.717) is 12.0 Å². The summed E-state index contributed by atoms with van der Waals surface area (Å²) in [5.41, 5.74) is 0.277. The SMILES string of the molecule is CC(C)C1(C)N=C(c2ccc(CCO)cc2C(=O)O)NC1=O. The lowest BCUT2D eigenvalue weighted by Crippen LogP contribution is -2.41. The Hall–Kier alpha value is -2.21. The van der Waals surface area contributed by atoms with Crippen molar-refractivity contribution in [3.63, 3.8) is 0 Å². The highest BCUT2D eigenvalue weighted by Crippen LogP contribution is 2.28. The van der Waals surface area contributed by atoms with Crippen LogP contribution in [-0.2, 0) is 11.2 Å². The fourth-order valence-electron chi connectivity index (χ4n) is 2.32. The van der Waals surface area contributed by atoms with Crippen LogP contribution in [-0.4, -0.2) is 40.1 Å². The number of aliphatic hydroxyl groups is 1. The molecule has 22 heavy (non-hydrogen) atoms. The van der Waals surface area contributed by atoms with Gasteiger partial charge in [-0.2, -0.15) is 0 Å². The molecule has 0 bridgehead atoms. The first-order valence-corrected chi connectivity index (χ1v) is 7.18. The van der Waals surface area contributed by atoms with Crippen LogP contribution >= 0.6 is 0 Å². The zero-order chi connectivity index (χ0) is 16.5. The molecule has 118 valence electrons. The number of rotatable bonds is 5. The quantitative estimate of drug-likeness (QED) is 0.761. The van der Waals surface area contributed by atoms with Crippen LogP contribution < -0.4 is 5.32 Å². The average molecular weight is 304 g/mol.